The summed E-state index contributed by atoms with van der Waals surface area (Å²) >= 11 is 0. The van der Waals surface area contributed by atoms with Gasteiger partial charge in [0.2, 0.25) is 0 Å². The van der Waals surface area contributed by atoms with Crippen LogP contribution in [0.3, 0.4) is 0 Å². The molecular formula is C54H52N2. The van der Waals surface area contributed by atoms with Crippen LogP contribution in [0.15, 0.2) is 182 Å². The minimum atomic E-state index is -0.0653. The van der Waals surface area contributed by atoms with Gasteiger partial charge in [0.15, 0.2) is 0 Å². The fraction of sp³-hybridized carbons (Fsp3) is 0.222. The normalized spacial score (nSPS) is 18.3. The van der Waals surface area contributed by atoms with Crippen molar-refractivity contribution in [2.75, 3.05) is 9.80 Å². The first-order valence-electron chi connectivity index (χ1n) is 20.5. The fourth-order valence-corrected chi connectivity index (χ4v) is 9.86. The van der Waals surface area contributed by atoms with Gasteiger partial charge >= 0.3 is 0 Å². The van der Waals surface area contributed by atoms with Crippen molar-refractivity contribution >= 4 is 34.1 Å². The Morgan fingerprint density at radius 3 is 1.30 bits per heavy atom. The Kier molecular flexibility index (Phi) is 9.38. The van der Waals surface area contributed by atoms with E-state index in [9.17, 15) is 0 Å². The highest BCUT2D eigenvalue weighted by Crippen LogP contribution is 2.52. The molecule has 278 valence electrons. The lowest BCUT2D eigenvalue weighted by Crippen LogP contribution is -2.34. The molecule has 9 rings (SSSR count). The van der Waals surface area contributed by atoms with E-state index >= 15 is 0 Å². The second-order valence-electron chi connectivity index (χ2n) is 16.8. The molecule has 2 aliphatic carbocycles. The SMILES string of the molecule is CC(C)C1CCC(c2ccc(N(c3ccccc3)c3ccccc3)cc2)(c2ccc(N(c3ccccc3)c3ccc4c(c3)C(C)(C)c3ccccc3-4)cc2)CC1. The van der Waals surface area contributed by atoms with Crippen LogP contribution < -0.4 is 9.80 Å². The van der Waals surface area contributed by atoms with Crippen LogP contribution in [0.25, 0.3) is 11.1 Å². The van der Waals surface area contributed by atoms with Crippen LogP contribution in [0.4, 0.5) is 34.1 Å². The molecular weight excluding hydrogens is 677 g/mol. The van der Waals surface area contributed by atoms with Gasteiger partial charge < -0.3 is 9.80 Å². The van der Waals surface area contributed by atoms with Crippen LogP contribution in [-0.2, 0) is 10.8 Å². The van der Waals surface area contributed by atoms with Crippen molar-refractivity contribution < 1.29 is 0 Å². The van der Waals surface area contributed by atoms with Gasteiger partial charge in [0.05, 0.1) is 0 Å². The maximum Gasteiger partial charge on any atom is 0.0465 e. The molecule has 7 aromatic rings. The lowest BCUT2D eigenvalue weighted by molar-refractivity contribution is 0.217. The average Bonchev–Trinajstić information content (AvgIpc) is 3.48. The van der Waals surface area contributed by atoms with Crippen molar-refractivity contribution in [2.45, 2.75) is 64.2 Å². The molecule has 0 N–H and O–H groups in total. The smallest absolute Gasteiger partial charge is 0.0465 e. The lowest BCUT2D eigenvalue weighted by Gasteiger charge is -2.43. The van der Waals surface area contributed by atoms with E-state index < -0.39 is 0 Å². The van der Waals surface area contributed by atoms with Crippen LogP contribution in [0.2, 0.25) is 0 Å². The molecule has 0 heterocycles. The predicted octanol–water partition coefficient (Wildman–Crippen LogP) is 15.1. The lowest BCUT2D eigenvalue weighted by atomic mass is 9.61. The van der Waals surface area contributed by atoms with Gasteiger partial charge in [0.1, 0.15) is 0 Å². The largest absolute Gasteiger partial charge is 0.311 e. The van der Waals surface area contributed by atoms with Gasteiger partial charge in [-0.3, -0.25) is 0 Å². The van der Waals surface area contributed by atoms with E-state index in [1.807, 2.05) is 0 Å². The molecule has 1 fully saturated rings. The predicted molar refractivity (Wildman–Crippen MR) is 237 cm³/mol. The van der Waals surface area contributed by atoms with Crippen molar-refractivity contribution in [3.8, 4) is 11.1 Å². The zero-order valence-corrected chi connectivity index (χ0v) is 33.2. The minimum Gasteiger partial charge on any atom is -0.311 e. The first kappa shape index (κ1) is 35.8. The number of nitrogens with zero attached hydrogens (tertiary/aromatic N) is 2. The summed E-state index contributed by atoms with van der Waals surface area (Å²) in [6.45, 7) is 9.54. The molecule has 0 aliphatic heterocycles. The average molecular weight is 729 g/mol. The molecule has 0 bridgehead atoms. The molecule has 0 amide bonds. The molecule has 0 unspecified atom stereocenters. The number of hydrogen-bond acceptors (Lipinski definition) is 2. The Balaban J connectivity index is 1.10. The summed E-state index contributed by atoms with van der Waals surface area (Å²) in [5.74, 6) is 1.46. The van der Waals surface area contributed by atoms with E-state index in [-0.39, 0.29) is 10.8 Å². The van der Waals surface area contributed by atoms with E-state index in [1.54, 1.807) is 0 Å². The highest BCUT2D eigenvalue weighted by atomic mass is 15.1. The monoisotopic (exact) mass is 728 g/mol. The zero-order valence-electron chi connectivity index (χ0n) is 33.2. The van der Waals surface area contributed by atoms with E-state index in [4.69, 9.17) is 0 Å². The van der Waals surface area contributed by atoms with Crippen molar-refractivity contribution in [3.63, 3.8) is 0 Å². The van der Waals surface area contributed by atoms with Crippen LogP contribution in [-0.4, -0.2) is 0 Å². The third-order valence-corrected chi connectivity index (χ3v) is 13.1. The third kappa shape index (κ3) is 6.32. The highest BCUT2D eigenvalue weighted by Gasteiger charge is 2.40. The zero-order chi connectivity index (χ0) is 38.3. The van der Waals surface area contributed by atoms with Gasteiger partial charge in [-0.2, -0.15) is 0 Å². The quantitative estimate of drug-likeness (QED) is 0.146. The number of anilines is 6. The Bertz CT molecular complexity index is 2360. The molecule has 0 radical (unpaired) electrons. The molecule has 2 nitrogen and oxygen atoms in total. The van der Waals surface area contributed by atoms with Crippen molar-refractivity contribution in [2.24, 2.45) is 11.8 Å². The van der Waals surface area contributed by atoms with Crippen molar-refractivity contribution in [1.29, 1.82) is 0 Å². The standard InChI is InChI=1S/C54H52N2/c1-39(2)40-34-36-54(37-35-40,41-24-28-46(29-25-41)55(43-16-8-5-9-17-43)44-18-10-6-11-19-44)42-26-30-47(31-27-42)56(45-20-12-7-13-21-45)48-32-33-50-49-22-14-15-23-51(49)53(3,4)52(50)38-48/h5-33,38-40H,34-37H2,1-4H3. The highest BCUT2D eigenvalue weighted by molar-refractivity contribution is 5.85. The van der Waals surface area contributed by atoms with Crippen molar-refractivity contribution in [1.82, 2.24) is 0 Å². The number of rotatable bonds is 9. The van der Waals surface area contributed by atoms with E-state index in [0.29, 0.717) is 5.92 Å². The second kappa shape index (κ2) is 14.7. The van der Waals surface area contributed by atoms with E-state index in [0.717, 1.165) is 35.8 Å². The number of benzene rings is 7. The number of hydrogen-bond donors (Lipinski definition) is 0. The van der Waals surface area contributed by atoms with E-state index in [2.05, 4.69) is 219 Å². The van der Waals surface area contributed by atoms with E-state index in [1.165, 1.54) is 63.3 Å². The first-order valence-corrected chi connectivity index (χ1v) is 20.5. The summed E-state index contributed by atoms with van der Waals surface area (Å²) in [6, 6.07) is 67.4. The molecule has 0 aromatic heterocycles. The van der Waals surface area contributed by atoms with Crippen LogP contribution in [0, 0.1) is 11.8 Å². The van der Waals surface area contributed by atoms with Gasteiger partial charge in [-0.1, -0.05) is 137 Å². The van der Waals surface area contributed by atoms with Gasteiger partial charge in [-0.05, 0) is 144 Å². The summed E-state index contributed by atoms with van der Waals surface area (Å²) < 4.78 is 0. The Hall–Kier alpha value is -5.86. The van der Waals surface area contributed by atoms with Gasteiger partial charge in [-0.15, -0.1) is 0 Å². The molecule has 2 heteroatoms. The molecule has 0 spiro atoms. The summed E-state index contributed by atoms with van der Waals surface area (Å²) in [4.78, 5) is 4.79. The topological polar surface area (TPSA) is 6.48 Å². The molecule has 1 saturated carbocycles. The summed E-state index contributed by atoms with van der Waals surface area (Å²) in [5.41, 5.74) is 15.2. The van der Waals surface area contributed by atoms with Gasteiger partial charge in [-0.25, -0.2) is 0 Å². The summed E-state index contributed by atoms with van der Waals surface area (Å²) in [5, 5.41) is 0. The molecule has 2 aliphatic rings. The maximum absolute atomic E-state index is 2.43. The fourth-order valence-electron chi connectivity index (χ4n) is 9.86. The first-order chi connectivity index (χ1) is 27.3. The molecule has 56 heavy (non-hydrogen) atoms. The van der Waals surface area contributed by atoms with Gasteiger partial charge in [0, 0.05) is 45.0 Å². The van der Waals surface area contributed by atoms with Gasteiger partial charge in [0.25, 0.3) is 0 Å². The summed E-state index contributed by atoms with van der Waals surface area (Å²) in [7, 11) is 0. The van der Waals surface area contributed by atoms with Crippen LogP contribution >= 0.6 is 0 Å². The molecule has 0 atom stereocenters. The number of fused-ring (bicyclic) bond motifs is 3. The van der Waals surface area contributed by atoms with Crippen LogP contribution in [0.1, 0.15) is 75.6 Å². The third-order valence-electron chi connectivity index (χ3n) is 13.1. The molecule has 7 aromatic carbocycles. The van der Waals surface area contributed by atoms with Crippen LogP contribution in [0.5, 0.6) is 0 Å². The maximum atomic E-state index is 2.43. The Labute approximate surface area is 334 Å². The second-order valence-corrected chi connectivity index (χ2v) is 16.8. The summed E-state index contributed by atoms with van der Waals surface area (Å²) in [6.07, 6.45) is 4.78. The Morgan fingerprint density at radius 1 is 0.429 bits per heavy atom. The Morgan fingerprint density at radius 2 is 0.821 bits per heavy atom. The van der Waals surface area contributed by atoms with Crippen molar-refractivity contribution in [3.05, 3.63) is 204 Å². The minimum absolute atomic E-state index is 0.0479. The number of para-hydroxylation sites is 3. The molecule has 0 saturated heterocycles.